The van der Waals surface area contributed by atoms with Gasteiger partial charge < -0.3 is 19.7 Å². The highest BCUT2D eigenvalue weighted by molar-refractivity contribution is 9.10. The molecule has 126 valence electrons. The zero-order chi connectivity index (χ0) is 18.0. The van der Waals surface area contributed by atoms with Crippen molar-refractivity contribution in [3.63, 3.8) is 0 Å². The second-order valence-corrected chi connectivity index (χ2v) is 6.19. The predicted octanol–water partition coefficient (Wildman–Crippen LogP) is 4.10. The molecule has 24 heavy (non-hydrogen) atoms. The van der Waals surface area contributed by atoms with Crippen molar-refractivity contribution in [1.29, 1.82) is 5.41 Å². The third-order valence-corrected chi connectivity index (χ3v) is 3.93. The van der Waals surface area contributed by atoms with Crippen LogP contribution in [0.25, 0.3) is 11.0 Å². The highest BCUT2D eigenvalue weighted by Gasteiger charge is 2.21. The average molecular weight is 394 g/mol. The second-order valence-electron chi connectivity index (χ2n) is 5.28. The summed E-state index contributed by atoms with van der Waals surface area (Å²) in [6.07, 6.45) is 0. The molecule has 1 aromatic heterocycles. The predicted molar refractivity (Wildman–Crippen MR) is 92.7 cm³/mol. The van der Waals surface area contributed by atoms with Crippen molar-refractivity contribution in [2.45, 2.75) is 20.8 Å². The second kappa shape index (κ2) is 7.00. The summed E-state index contributed by atoms with van der Waals surface area (Å²) in [6.45, 7) is 3.82. The fourth-order valence-electron chi connectivity index (χ4n) is 2.34. The highest BCUT2D eigenvalue weighted by atomic mass is 79.9. The van der Waals surface area contributed by atoms with Gasteiger partial charge in [0, 0.05) is 21.1 Å². The molecule has 0 aliphatic carbocycles. The number of furan rings is 1. The summed E-state index contributed by atoms with van der Waals surface area (Å²) < 4.78 is 11.4. The van der Waals surface area contributed by atoms with Crippen LogP contribution in [0.15, 0.2) is 38.4 Å². The van der Waals surface area contributed by atoms with E-state index < -0.39 is 24.1 Å². The SMILES string of the molecule is CC(=N)/C(C(C)=O)=C(/O)COC(=O)c1oc2ccc(Br)cc2c1C. The van der Waals surface area contributed by atoms with Crippen molar-refractivity contribution in [2.75, 3.05) is 6.61 Å². The van der Waals surface area contributed by atoms with Crippen molar-refractivity contribution in [1.82, 2.24) is 0 Å². The number of carbonyl (C=O) groups is 2. The minimum atomic E-state index is -0.753. The lowest BCUT2D eigenvalue weighted by atomic mass is 10.1. The van der Waals surface area contributed by atoms with Crippen molar-refractivity contribution >= 4 is 44.4 Å². The van der Waals surface area contributed by atoms with Gasteiger partial charge in [-0.25, -0.2) is 4.79 Å². The molecule has 1 heterocycles. The van der Waals surface area contributed by atoms with Crippen LogP contribution in [0.5, 0.6) is 0 Å². The van der Waals surface area contributed by atoms with Crippen LogP contribution in [-0.2, 0) is 9.53 Å². The van der Waals surface area contributed by atoms with Gasteiger partial charge in [-0.3, -0.25) is 4.79 Å². The van der Waals surface area contributed by atoms with Crippen LogP contribution in [-0.4, -0.2) is 29.2 Å². The summed E-state index contributed by atoms with van der Waals surface area (Å²) in [5.74, 6) is -1.65. The minimum absolute atomic E-state index is 0.0341. The number of esters is 1. The van der Waals surface area contributed by atoms with Gasteiger partial charge in [-0.15, -0.1) is 0 Å². The van der Waals surface area contributed by atoms with Gasteiger partial charge >= 0.3 is 5.97 Å². The van der Waals surface area contributed by atoms with Crippen LogP contribution in [0.3, 0.4) is 0 Å². The number of hydrogen-bond donors (Lipinski definition) is 2. The first kappa shape index (κ1) is 17.9. The number of nitrogens with one attached hydrogen (secondary N) is 1. The van der Waals surface area contributed by atoms with E-state index in [0.29, 0.717) is 11.1 Å². The molecule has 0 spiro atoms. The van der Waals surface area contributed by atoms with E-state index in [1.165, 1.54) is 13.8 Å². The Hall–Kier alpha value is -2.41. The van der Waals surface area contributed by atoms with E-state index in [-0.39, 0.29) is 17.0 Å². The van der Waals surface area contributed by atoms with Gasteiger partial charge in [0.2, 0.25) is 5.76 Å². The maximum atomic E-state index is 12.2. The van der Waals surface area contributed by atoms with Gasteiger partial charge in [-0.2, -0.15) is 0 Å². The van der Waals surface area contributed by atoms with Crippen LogP contribution < -0.4 is 0 Å². The van der Waals surface area contributed by atoms with Crippen LogP contribution in [0.4, 0.5) is 0 Å². The maximum Gasteiger partial charge on any atom is 0.375 e. The van der Waals surface area contributed by atoms with Crippen molar-refractivity contribution in [2.24, 2.45) is 0 Å². The molecule has 0 aliphatic heterocycles. The first-order valence-electron chi connectivity index (χ1n) is 7.06. The molecule has 1 aromatic carbocycles. The molecular weight excluding hydrogens is 378 g/mol. The molecule has 0 saturated carbocycles. The van der Waals surface area contributed by atoms with E-state index in [2.05, 4.69) is 15.9 Å². The molecule has 0 atom stereocenters. The monoisotopic (exact) mass is 393 g/mol. The normalized spacial score (nSPS) is 12.0. The topological polar surface area (TPSA) is 101 Å². The van der Waals surface area contributed by atoms with Gasteiger partial charge in [-0.05, 0) is 39.0 Å². The van der Waals surface area contributed by atoms with Crippen LogP contribution in [0, 0.1) is 12.3 Å². The van der Waals surface area contributed by atoms with Crippen LogP contribution in [0.2, 0.25) is 0 Å². The summed E-state index contributed by atoms with van der Waals surface area (Å²) >= 11 is 3.36. The zero-order valence-electron chi connectivity index (χ0n) is 13.4. The van der Waals surface area contributed by atoms with Crippen molar-refractivity contribution < 1.29 is 23.8 Å². The Morgan fingerprint density at radius 3 is 2.58 bits per heavy atom. The minimum Gasteiger partial charge on any atom is -0.508 e. The van der Waals surface area contributed by atoms with Gasteiger partial charge in [0.25, 0.3) is 0 Å². The number of Topliss-reactive ketones (excluding diaryl/α,β-unsaturated/α-hetero) is 1. The van der Waals surface area contributed by atoms with E-state index in [1.54, 1.807) is 19.1 Å². The number of carbonyl (C=O) groups excluding carboxylic acids is 2. The first-order valence-corrected chi connectivity index (χ1v) is 7.86. The van der Waals surface area contributed by atoms with Gasteiger partial charge in [-0.1, -0.05) is 15.9 Å². The summed E-state index contributed by atoms with van der Waals surface area (Å²) in [4.78, 5) is 23.6. The number of ketones is 1. The zero-order valence-corrected chi connectivity index (χ0v) is 15.0. The van der Waals surface area contributed by atoms with E-state index in [9.17, 15) is 14.7 Å². The van der Waals surface area contributed by atoms with Gasteiger partial charge in [0.05, 0.1) is 5.57 Å². The molecular formula is C17H16BrNO5. The lowest BCUT2D eigenvalue weighted by Crippen LogP contribution is -2.15. The fourth-order valence-corrected chi connectivity index (χ4v) is 2.70. The largest absolute Gasteiger partial charge is 0.508 e. The smallest absolute Gasteiger partial charge is 0.375 e. The number of aliphatic hydroxyl groups is 1. The van der Waals surface area contributed by atoms with E-state index in [0.717, 1.165) is 9.86 Å². The molecule has 2 aromatic rings. The number of fused-ring (bicyclic) bond motifs is 1. The molecule has 2 rings (SSSR count). The molecule has 0 fully saturated rings. The molecule has 0 saturated heterocycles. The lowest BCUT2D eigenvalue weighted by molar-refractivity contribution is -0.113. The van der Waals surface area contributed by atoms with E-state index >= 15 is 0 Å². The van der Waals surface area contributed by atoms with Gasteiger partial charge in [0.15, 0.2) is 5.78 Å². The van der Waals surface area contributed by atoms with Crippen molar-refractivity contribution in [3.05, 3.63) is 45.3 Å². The molecule has 7 heteroatoms. The molecule has 0 unspecified atom stereocenters. The Bertz CT molecular complexity index is 862. The summed E-state index contributed by atoms with van der Waals surface area (Å²) in [6, 6.07) is 5.35. The Morgan fingerprint density at radius 1 is 1.33 bits per heavy atom. The van der Waals surface area contributed by atoms with E-state index in [4.69, 9.17) is 14.6 Å². The number of hydrogen-bond acceptors (Lipinski definition) is 6. The number of aryl methyl sites for hydroxylation is 1. The third-order valence-electron chi connectivity index (χ3n) is 3.44. The number of benzene rings is 1. The fraction of sp³-hybridized carbons (Fsp3) is 0.235. The molecule has 0 bridgehead atoms. The maximum absolute atomic E-state index is 12.2. The van der Waals surface area contributed by atoms with Crippen LogP contribution in [0.1, 0.15) is 30.0 Å². The van der Waals surface area contributed by atoms with Gasteiger partial charge in [0.1, 0.15) is 17.9 Å². The molecule has 2 N–H and O–H groups in total. The van der Waals surface area contributed by atoms with Crippen LogP contribution >= 0.6 is 15.9 Å². The van der Waals surface area contributed by atoms with Crippen molar-refractivity contribution in [3.8, 4) is 0 Å². The average Bonchev–Trinajstić information content (AvgIpc) is 2.81. The number of aliphatic hydroxyl groups excluding tert-OH is 1. The Morgan fingerprint density at radius 2 is 2.00 bits per heavy atom. The Labute approximate surface area is 146 Å². The Kier molecular flexibility index (Phi) is 5.23. The van der Waals surface area contributed by atoms with E-state index in [1.807, 2.05) is 6.07 Å². The molecule has 0 aliphatic rings. The standard InChI is InChI=1S/C17H16BrNO5/c1-8-12-6-11(18)4-5-14(12)24-16(8)17(22)23-7-13(21)15(9(2)19)10(3)20/h4-6,19,21H,7H2,1-3H3/b15-13-,19-9?. The first-order chi connectivity index (χ1) is 11.2. The third kappa shape index (κ3) is 3.56. The number of ether oxygens (including phenoxy) is 1. The molecule has 6 nitrogen and oxygen atoms in total. The molecule has 0 amide bonds. The quantitative estimate of drug-likeness (QED) is 0.344. The highest BCUT2D eigenvalue weighted by Crippen LogP contribution is 2.28. The number of halogens is 1. The summed E-state index contributed by atoms with van der Waals surface area (Å²) in [5.41, 5.74) is 0.908. The number of rotatable bonds is 5. The Balaban J connectivity index is 2.25. The number of allylic oxidation sites excluding steroid dienone is 1. The summed E-state index contributed by atoms with van der Waals surface area (Å²) in [7, 11) is 0. The molecule has 0 radical (unpaired) electrons. The summed E-state index contributed by atoms with van der Waals surface area (Å²) in [5, 5.41) is 18.2. The lowest BCUT2D eigenvalue weighted by Gasteiger charge is -2.07.